The molecule has 1 aromatic rings. The van der Waals surface area contributed by atoms with Crippen LogP contribution in [-0.2, 0) is 17.8 Å². The summed E-state index contributed by atoms with van der Waals surface area (Å²) in [6.07, 6.45) is 7.97. The monoisotopic (exact) mass is 236 g/mol. The van der Waals surface area contributed by atoms with Crippen LogP contribution in [0.15, 0.2) is 12.4 Å². The molecule has 3 N–H and O–H groups in total. The number of carbonyl (C=O) groups excluding carboxylic acids is 1. The van der Waals surface area contributed by atoms with Crippen molar-refractivity contribution in [1.82, 2.24) is 14.9 Å². The Kier molecular flexibility index (Phi) is 3.78. The normalized spacial score (nSPS) is 17.0. The summed E-state index contributed by atoms with van der Waals surface area (Å²) in [6.45, 7) is 2.70. The Morgan fingerprint density at radius 3 is 3.06 bits per heavy atom. The number of nitrogens with one attached hydrogen (secondary N) is 1. The van der Waals surface area contributed by atoms with E-state index in [2.05, 4.69) is 17.2 Å². The van der Waals surface area contributed by atoms with Crippen LogP contribution in [0, 0.1) is 0 Å². The molecule has 0 spiro atoms. The maximum absolute atomic E-state index is 11.4. The van der Waals surface area contributed by atoms with Gasteiger partial charge in [0, 0.05) is 31.4 Å². The Morgan fingerprint density at radius 1 is 1.71 bits per heavy atom. The number of nitrogens with two attached hydrogens (primary N) is 1. The summed E-state index contributed by atoms with van der Waals surface area (Å²) in [6, 6.07) is 0.193. The molecule has 1 heterocycles. The van der Waals surface area contributed by atoms with E-state index in [1.165, 1.54) is 0 Å². The number of hydrogen-bond acceptors (Lipinski definition) is 3. The van der Waals surface area contributed by atoms with E-state index in [0.717, 1.165) is 31.5 Å². The minimum atomic E-state index is -0.285. The second kappa shape index (κ2) is 5.31. The highest BCUT2D eigenvalue weighted by molar-refractivity contribution is 5.79. The lowest BCUT2D eigenvalue weighted by atomic mass is 10.2. The molecule has 1 aliphatic carbocycles. The Labute approximate surface area is 101 Å². The fourth-order valence-corrected chi connectivity index (χ4v) is 1.91. The van der Waals surface area contributed by atoms with Gasteiger partial charge in [-0.15, -0.1) is 0 Å². The molecule has 1 fully saturated rings. The summed E-state index contributed by atoms with van der Waals surface area (Å²) in [7, 11) is 0. The lowest BCUT2D eigenvalue weighted by molar-refractivity contribution is -0.120. The van der Waals surface area contributed by atoms with E-state index in [9.17, 15) is 4.79 Å². The van der Waals surface area contributed by atoms with E-state index in [4.69, 9.17) is 5.73 Å². The van der Waals surface area contributed by atoms with E-state index >= 15 is 0 Å². The molecule has 1 aliphatic rings. The summed E-state index contributed by atoms with van der Waals surface area (Å²) < 4.78 is 2.02. The van der Waals surface area contributed by atoms with E-state index in [1.54, 1.807) is 6.20 Å². The molecule has 1 saturated carbocycles. The molecule has 1 amide bonds. The molecule has 5 heteroatoms. The molecule has 2 rings (SSSR count). The molecule has 17 heavy (non-hydrogen) atoms. The second-order valence-corrected chi connectivity index (χ2v) is 4.64. The van der Waals surface area contributed by atoms with Crippen LogP contribution in [0.3, 0.4) is 0 Å². The van der Waals surface area contributed by atoms with Crippen LogP contribution < -0.4 is 11.1 Å². The fraction of sp³-hybridized carbons (Fsp3) is 0.667. The Balaban J connectivity index is 1.99. The number of nitrogens with zero attached hydrogens (tertiary/aromatic N) is 2. The van der Waals surface area contributed by atoms with Crippen molar-refractivity contribution in [3.8, 4) is 0 Å². The van der Waals surface area contributed by atoms with Gasteiger partial charge in [-0.05, 0) is 19.3 Å². The summed E-state index contributed by atoms with van der Waals surface area (Å²) in [5.41, 5.74) is 5.42. The van der Waals surface area contributed by atoms with Crippen molar-refractivity contribution < 1.29 is 4.79 Å². The van der Waals surface area contributed by atoms with Crippen LogP contribution in [0.4, 0.5) is 0 Å². The van der Waals surface area contributed by atoms with Gasteiger partial charge in [0.2, 0.25) is 5.91 Å². The standard InChI is InChI=1S/C12H20N4O/c1-2-3-11-14-6-7-16(11)8-10(12(13)17)15-9-4-5-9/h6-7,9-10,15H,2-5,8H2,1H3,(H2,13,17). The topological polar surface area (TPSA) is 72.9 Å². The third-order valence-electron chi connectivity index (χ3n) is 3.01. The van der Waals surface area contributed by atoms with E-state index in [0.29, 0.717) is 12.6 Å². The Bertz CT molecular complexity index is 384. The van der Waals surface area contributed by atoms with Gasteiger partial charge in [0.15, 0.2) is 0 Å². The Morgan fingerprint density at radius 2 is 2.47 bits per heavy atom. The number of imidazole rings is 1. The third-order valence-corrected chi connectivity index (χ3v) is 3.01. The highest BCUT2D eigenvalue weighted by Crippen LogP contribution is 2.19. The molecule has 0 aliphatic heterocycles. The van der Waals surface area contributed by atoms with Crippen LogP contribution in [0.5, 0.6) is 0 Å². The van der Waals surface area contributed by atoms with Crippen LogP contribution in [0.1, 0.15) is 32.0 Å². The highest BCUT2D eigenvalue weighted by atomic mass is 16.1. The Hall–Kier alpha value is -1.36. The summed E-state index contributed by atoms with van der Waals surface area (Å²) >= 11 is 0. The summed E-state index contributed by atoms with van der Waals surface area (Å²) in [5.74, 6) is 0.740. The number of aromatic nitrogens is 2. The molecular formula is C12H20N4O. The number of aryl methyl sites for hydroxylation is 1. The number of primary amides is 1. The minimum absolute atomic E-state index is 0.284. The predicted octanol–water partition coefficient (Wildman–Crippen LogP) is 0.441. The first-order valence-electron chi connectivity index (χ1n) is 6.26. The fourth-order valence-electron chi connectivity index (χ4n) is 1.91. The molecule has 0 radical (unpaired) electrons. The summed E-state index contributed by atoms with van der Waals surface area (Å²) in [5, 5.41) is 3.27. The average molecular weight is 236 g/mol. The number of amides is 1. The maximum Gasteiger partial charge on any atom is 0.236 e. The quantitative estimate of drug-likeness (QED) is 0.721. The zero-order valence-electron chi connectivity index (χ0n) is 10.2. The first-order chi connectivity index (χ1) is 8.20. The number of hydrogen-bond donors (Lipinski definition) is 2. The number of rotatable bonds is 7. The SMILES string of the molecule is CCCc1nccn1CC(NC1CC1)C(N)=O. The first-order valence-corrected chi connectivity index (χ1v) is 6.26. The van der Waals surface area contributed by atoms with Crippen molar-refractivity contribution >= 4 is 5.91 Å². The molecule has 94 valence electrons. The molecule has 0 bridgehead atoms. The van der Waals surface area contributed by atoms with Crippen molar-refractivity contribution in [2.45, 2.75) is 51.2 Å². The van der Waals surface area contributed by atoms with Crippen molar-refractivity contribution in [2.24, 2.45) is 5.73 Å². The molecule has 1 unspecified atom stereocenters. The van der Waals surface area contributed by atoms with Crippen molar-refractivity contribution in [2.75, 3.05) is 0 Å². The minimum Gasteiger partial charge on any atom is -0.368 e. The molecule has 1 aromatic heterocycles. The van der Waals surface area contributed by atoms with Crippen molar-refractivity contribution in [1.29, 1.82) is 0 Å². The predicted molar refractivity (Wildman–Crippen MR) is 65.4 cm³/mol. The van der Waals surface area contributed by atoms with Gasteiger partial charge in [-0.3, -0.25) is 4.79 Å². The lowest BCUT2D eigenvalue weighted by Gasteiger charge is -2.17. The van der Waals surface area contributed by atoms with E-state index < -0.39 is 0 Å². The second-order valence-electron chi connectivity index (χ2n) is 4.64. The zero-order chi connectivity index (χ0) is 12.3. The average Bonchev–Trinajstić information content (AvgIpc) is 3.00. The van der Waals surface area contributed by atoms with Gasteiger partial charge >= 0.3 is 0 Å². The molecule has 5 nitrogen and oxygen atoms in total. The highest BCUT2D eigenvalue weighted by Gasteiger charge is 2.27. The van der Waals surface area contributed by atoms with Crippen molar-refractivity contribution in [3.05, 3.63) is 18.2 Å². The van der Waals surface area contributed by atoms with Gasteiger partial charge in [-0.25, -0.2) is 4.98 Å². The summed E-state index contributed by atoms with van der Waals surface area (Å²) in [4.78, 5) is 15.7. The third kappa shape index (κ3) is 3.30. The van der Waals surface area contributed by atoms with E-state index in [-0.39, 0.29) is 11.9 Å². The van der Waals surface area contributed by atoms with Gasteiger partial charge < -0.3 is 15.6 Å². The van der Waals surface area contributed by atoms with Gasteiger partial charge in [-0.1, -0.05) is 6.92 Å². The number of carbonyl (C=O) groups is 1. The smallest absolute Gasteiger partial charge is 0.236 e. The molecular weight excluding hydrogens is 216 g/mol. The molecule has 0 saturated heterocycles. The maximum atomic E-state index is 11.4. The van der Waals surface area contributed by atoms with Crippen LogP contribution in [0.2, 0.25) is 0 Å². The van der Waals surface area contributed by atoms with Gasteiger partial charge in [0.25, 0.3) is 0 Å². The lowest BCUT2D eigenvalue weighted by Crippen LogP contribution is -2.45. The van der Waals surface area contributed by atoms with Crippen LogP contribution in [0.25, 0.3) is 0 Å². The van der Waals surface area contributed by atoms with Gasteiger partial charge in [0.1, 0.15) is 11.9 Å². The molecule has 0 aromatic carbocycles. The van der Waals surface area contributed by atoms with Crippen molar-refractivity contribution in [3.63, 3.8) is 0 Å². The van der Waals surface area contributed by atoms with Crippen LogP contribution in [-0.4, -0.2) is 27.5 Å². The van der Waals surface area contributed by atoms with Gasteiger partial charge in [0.05, 0.1) is 0 Å². The molecule has 1 atom stereocenters. The van der Waals surface area contributed by atoms with Crippen LogP contribution >= 0.6 is 0 Å². The van der Waals surface area contributed by atoms with E-state index in [1.807, 2.05) is 10.8 Å². The van der Waals surface area contributed by atoms with Gasteiger partial charge in [-0.2, -0.15) is 0 Å². The largest absolute Gasteiger partial charge is 0.368 e. The zero-order valence-corrected chi connectivity index (χ0v) is 10.2. The first kappa shape index (κ1) is 12.1.